The zero-order chi connectivity index (χ0) is 51.4. The minimum Gasteiger partial charge on any atom is -0.466 e. The van der Waals surface area contributed by atoms with E-state index in [1.54, 1.807) is 6.08 Å². The Hall–Kier alpha value is -1.40. The lowest BCUT2D eigenvalue weighted by Gasteiger charge is -2.20. The van der Waals surface area contributed by atoms with E-state index in [4.69, 9.17) is 4.74 Å². The summed E-state index contributed by atoms with van der Waals surface area (Å²) in [7, 11) is 0. The Morgan fingerprint density at radius 2 is 0.648 bits per heavy atom. The van der Waals surface area contributed by atoms with Gasteiger partial charge in [0.1, 0.15) is 0 Å². The molecule has 0 saturated heterocycles. The monoisotopic (exact) mass is 1000 g/mol. The third kappa shape index (κ3) is 57.7. The first-order chi connectivity index (χ1) is 35.0. The molecule has 2 unspecified atom stereocenters. The number of aliphatic hydroxyl groups is 2. The van der Waals surface area contributed by atoms with Gasteiger partial charge in [0.25, 0.3) is 0 Å². The van der Waals surface area contributed by atoms with Gasteiger partial charge in [0.2, 0.25) is 5.91 Å². The lowest BCUT2D eigenvalue weighted by Crippen LogP contribution is -2.45. The van der Waals surface area contributed by atoms with Crippen molar-refractivity contribution < 1.29 is 24.5 Å². The molecule has 0 fully saturated rings. The molecule has 0 aliphatic rings. The minimum atomic E-state index is -0.844. The number of nitrogens with one attached hydrogen (secondary N) is 1. The van der Waals surface area contributed by atoms with Crippen LogP contribution in [0.1, 0.15) is 367 Å². The van der Waals surface area contributed by atoms with Crippen molar-refractivity contribution in [3.8, 4) is 0 Å². The molecule has 3 N–H and O–H groups in total. The number of carbonyl (C=O) groups excluding carboxylic acids is 2. The molecule has 71 heavy (non-hydrogen) atoms. The highest BCUT2D eigenvalue weighted by atomic mass is 16.5. The van der Waals surface area contributed by atoms with Crippen LogP contribution in [0.25, 0.3) is 0 Å². The van der Waals surface area contributed by atoms with Crippen LogP contribution in [0.15, 0.2) is 12.2 Å². The fraction of sp³-hybridized carbons (Fsp3) is 0.938. The molecule has 0 heterocycles. The number of amides is 1. The molecule has 0 aromatic heterocycles. The van der Waals surface area contributed by atoms with Crippen LogP contribution in [0.2, 0.25) is 0 Å². The summed E-state index contributed by atoms with van der Waals surface area (Å²) in [4.78, 5) is 24.6. The summed E-state index contributed by atoms with van der Waals surface area (Å²) < 4.78 is 5.50. The van der Waals surface area contributed by atoms with E-state index in [-0.39, 0.29) is 18.5 Å². The van der Waals surface area contributed by atoms with Gasteiger partial charge >= 0.3 is 5.97 Å². The van der Waals surface area contributed by atoms with Crippen LogP contribution in [-0.2, 0) is 14.3 Å². The number of carbonyl (C=O) groups is 2. The van der Waals surface area contributed by atoms with Gasteiger partial charge in [0, 0.05) is 12.8 Å². The number of aliphatic hydroxyl groups excluding tert-OH is 2. The van der Waals surface area contributed by atoms with Gasteiger partial charge in [-0.05, 0) is 32.1 Å². The van der Waals surface area contributed by atoms with Gasteiger partial charge in [-0.1, -0.05) is 334 Å². The predicted octanol–water partition coefficient (Wildman–Crippen LogP) is 20.4. The van der Waals surface area contributed by atoms with Crippen LogP contribution in [-0.4, -0.2) is 47.4 Å². The third-order valence-electron chi connectivity index (χ3n) is 15.3. The third-order valence-corrected chi connectivity index (χ3v) is 15.3. The van der Waals surface area contributed by atoms with Crippen LogP contribution in [0.5, 0.6) is 0 Å². The van der Waals surface area contributed by atoms with Crippen LogP contribution in [0.3, 0.4) is 0 Å². The molecular weight excluding hydrogens is 875 g/mol. The molecule has 0 spiro atoms. The predicted molar refractivity (Wildman–Crippen MR) is 310 cm³/mol. The molecule has 0 aromatic carbocycles. The van der Waals surface area contributed by atoms with Crippen LogP contribution in [0.4, 0.5) is 0 Å². The molecule has 0 rings (SSSR count). The van der Waals surface area contributed by atoms with Crippen molar-refractivity contribution in [2.24, 2.45) is 0 Å². The Morgan fingerprint density at radius 3 is 0.958 bits per heavy atom. The van der Waals surface area contributed by atoms with Crippen molar-refractivity contribution in [2.75, 3.05) is 13.2 Å². The maximum Gasteiger partial charge on any atom is 0.305 e. The number of ether oxygens (including phenoxy) is 1. The van der Waals surface area contributed by atoms with Gasteiger partial charge in [-0.15, -0.1) is 0 Å². The molecular formula is C65H127NO5. The van der Waals surface area contributed by atoms with Crippen molar-refractivity contribution >= 4 is 11.9 Å². The molecule has 0 saturated carbocycles. The summed E-state index contributed by atoms with van der Waals surface area (Å²) in [6, 6.07) is -0.627. The van der Waals surface area contributed by atoms with E-state index < -0.39 is 12.1 Å². The van der Waals surface area contributed by atoms with Crippen molar-refractivity contribution in [1.82, 2.24) is 5.32 Å². The summed E-state index contributed by atoms with van der Waals surface area (Å²) >= 11 is 0. The van der Waals surface area contributed by atoms with E-state index in [9.17, 15) is 19.8 Å². The lowest BCUT2D eigenvalue weighted by molar-refractivity contribution is -0.143. The highest BCUT2D eigenvalue weighted by Gasteiger charge is 2.18. The van der Waals surface area contributed by atoms with Crippen LogP contribution >= 0.6 is 0 Å². The van der Waals surface area contributed by atoms with E-state index in [1.807, 2.05) is 6.08 Å². The van der Waals surface area contributed by atoms with E-state index in [0.29, 0.717) is 19.4 Å². The average Bonchev–Trinajstić information content (AvgIpc) is 3.37. The lowest BCUT2D eigenvalue weighted by atomic mass is 10.0. The van der Waals surface area contributed by atoms with Crippen molar-refractivity contribution in [3.63, 3.8) is 0 Å². The molecule has 0 radical (unpaired) electrons. The first-order valence-electron chi connectivity index (χ1n) is 32.5. The van der Waals surface area contributed by atoms with Crippen LogP contribution in [0, 0.1) is 0 Å². The number of esters is 1. The summed E-state index contributed by atoms with van der Waals surface area (Å²) in [5.74, 6) is -0.0498. The van der Waals surface area contributed by atoms with Gasteiger partial charge in [0.05, 0.1) is 25.4 Å². The Morgan fingerprint density at radius 1 is 0.380 bits per heavy atom. The minimum absolute atomic E-state index is 0.0166. The van der Waals surface area contributed by atoms with E-state index >= 15 is 0 Å². The fourth-order valence-corrected chi connectivity index (χ4v) is 10.3. The largest absolute Gasteiger partial charge is 0.466 e. The molecule has 0 aliphatic carbocycles. The Balaban J connectivity index is 3.37. The van der Waals surface area contributed by atoms with Crippen molar-refractivity contribution in [3.05, 3.63) is 12.2 Å². The zero-order valence-electron chi connectivity index (χ0n) is 48.2. The van der Waals surface area contributed by atoms with Gasteiger partial charge in [0.15, 0.2) is 0 Å². The van der Waals surface area contributed by atoms with Gasteiger partial charge in [-0.25, -0.2) is 0 Å². The second-order valence-corrected chi connectivity index (χ2v) is 22.5. The second-order valence-electron chi connectivity index (χ2n) is 22.5. The van der Waals surface area contributed by atoms with Gasteiger partial charge < -0.3 is 20.3 Å². The summed E-state index contributed by atoms with van der Waals surface area (Å²) in [5, 5.41) is 23.1. The molecule has 6 heteroatoms. The summed E-state index contributed by atoms with van der Waals surface area (Å²) in [6.45, 7) is 4.94. The van der Waals surface area contributed by atoms with Crippen LogP contribution < -0.4 is 5.32 Å². The number of hydrogen-bond acceptors (Lipinski definition) is 5. The summed E-state index contributed by atoms with van der Waals surface area (Å²) in [6.07, 6.45) is 74.0. The highest BCUT2D eigenvalue weighted by Crippen LogP contribution is 2.18. The molecule has 422 valence electrons. The number of hydrogen-bond donors (Lipinski definition) is 3. The number of rotatable bonds is 61. The van der Waals surface area contributed by atoms with Crippen molar-refractivity contribution in [2.45, 2.75) is 379 Å². The number of allylic oxidation sites excluding steroid dienone is 1. The zero-order valence-corrected chi connectivity index (χ0v) is 48.2. The standard InChI is InChI=1S/C65H127NO5/c1-3-5-7-9-11-13-15-17-19-20-27-31-35-39-43-47-51-55-59-65(70)71-60-56-52-48-44-40-36-32-28-25-23-21-22-24-26-30-34-38-42-46-50-54-58-64(69)66-62(61-67)63(68)57-53-49-45-41-37-33-29-18-16-14-12-10-8-6-4-2/h53,57,62-63,67-68H,3-52,54-56,58-61H2,1-2H3,(H,66,69)/b57-53+. The Kier molecular flexibility index (Phi) is 59.9. The van der Waals surface area contributed by atoms with E-state index in [1.165, 1.54) is 302 Å². The quantitative estimate of drug-likeness (QED) is 0.0320. The molecule has 0 aliphatic heterocycles. The normalized spacial score (nSPS) is 12.6. The second kappa shape index (κ2) is 61.1. The number of unbranched alkanes of at least 4 members (excludes halogenated alkanes) is 50. The first-order valence-corrected chi connectivity index (χ1v) is 32.5. The highest BCUT2D eigenvalue weighted by molar-refractivity contribution is 5.76. The average molecular weight is 1000 g/mol. The maximum atomic E-state index is 12.5. The molecule has 6 nitrogen and oxygen atoms in total. The Bertz CT molecular complexity index is 1060. The molecule has 1 amide bonds. The smallest absolute Gasteiger partial charge is 0.305 e. The van der Waals surface area contributed by atoms with Gasteiger partial charge in [-0.2, -0.15) is 0 Å². The SMILES string of the molecule is CCCCCCCCCCCCCCC/C=C/C(O)C(CO)NC(=O)CCCCCCCCCCCCCCCCCCCCCCCOC(=O)CCCCCCCCCCCCCCCCCCCC. The molecule has 0 aromatic rings. The maximum absolute atomic E-state index is 12.5. The summed E-state index contributed by atoms with van der Waals surface area (Å²) in [5.41, 5.74) is 0. The molecule has 2 atom stereocenters. The fourth-order valence-electron chi connectivity index (χ4n) is 10.3. The molecule has 0 bridgehead atoms. The topological polar surface area (TPSA) is 95.9 Å². The van der Waals surface area contributed by atoms with Gasteiger partial charge in [-0.3, -0.25) is 9.59 Å². The first kappa shape index (κ1) is 69.6. The Labute approximate surface area is 444 Å². The van der Waals surface area contributed by atoms with E-state index in [2.05, 4.69) is 19.2 Å². The van der Waals surface area contributed by atoms with E-state index in [0.717, 1.165) is 38.5 Å². The van der Waals surface area contributed by atoms with Crippen molar-refractivity contribution in [1.29, 1.82) is 0 Å².